The molecule has 0 aromatic carbocycles. The third kappa shape index (κ3) is 5.38. The number of hydrogen-bond donors (Lipinski definition) is 1. The Kier molecular flexibility index (Phi) is 5.73. The molecular formula is C10H16N2O3S2. The quantitative estimate of drug-likeness (QED) is 0.610. The molecule has 2 unspecified atom stereocenters. The number of rotatable bonds is 7. The van der Waals surface area contributed by atoms with Gasteiger partial charge in [0.25, 0.3) is 0 Å². The average Bonchev–Trinajstić information content (AvgIpc) is 2.72. The first-order valence-corrected chi connectivity index (χ1v) is 7.85. The molecule has 0 bridgehead atoms. The second-order valence-electron chi connectivity index (χ2n) is 3.90. The van der Waals surface area contributed by atoms with Gasteiger partial charge >= 0.3 is 5.00 Å². The summed E-state index contributed by atoms with van der Waals surface area (Å²) >= 11 is 1.14. The maximum Gasteiger partial charge on any atom is 0.324 e. The molecule has 1 aromatic heterocycles. The highest BCUT2D eigenvalue weighted by Crippen LogP contribution is 2.22. The second-order valence-corrected chi connectivity index (χ2v) is 6.34. The van der Waals surface area contributed by atoms with E-state index >= 15 is 0 Å². The zero-order valence-electron chi connectivity index (χ0n) is 9.84. The Labute approximate surface area is 107 Å². The van der Waals surface area contributed by atoms with Crippen molar-refractivity contribution in [1.82, 2.24) is 5.32 Å². The average molecular weight is 276 g/mol. The van der Waals surface area contributed by atoms with E-state index in [1.807, 2.05) is 6.92 Å². The Hall–Kier alpha value is -0.790. The van der Waals surface area contributed by atoms with Crippen LogP contribution in [0.4, 0.5) is 5.00 Å². The van der Waals surface area contributed by atoms with Crippen LogP contribution in [0.1, 0.15) is 18.9 Å². The molecular weight excluding hydrogens is 260 g/mol. The highest BCUT2D eigenvalue weighted by Gasteiger charge is 2.10. The predicted molar refractivity (Wildman–Crippen MR) is 70.8 cm³/mol. The van der Waals surface area contributed by atoms with Crippen LogP contribution in [0.15, 0.2) is 11.4 Å². The third-order valence-electron chi connectivity index (χ3n) is 2.31. The SMILES string of the molecule is CC(CCS(C)=O)NCc1csc([N+](=O)[O-])c1. The number of hydrogen-bond acceptors (Lipinski definition) is 5. The summed E-state index contributed by atoms with van der Waals surface area (Å²) in [6, 6.07) is 1.85. The summed E-state index contributed by atoms with van der Waals surface area (Å²) in [5.41, 5.74) is 0.922. The molecule has 0 aliphatic rings. The maximum absolute atomic E-state index is 10.9. The summed E-state index contributed by atoms with van der Waals surface area (Å²) in [6.45, 7) is 2.63. The molecule has 0 saturated heterocycles. The summed E-state index contributed by atoms with van der Waals surface area (Å²) in [6.07, 6.45) is 2.53. The topological polar surface area (TPSA) is 72.2 Å². The van der Waals surface area contributed by atoms with E-state index in [4.69, 9.17) is 0 Å². The van der Waals surface area contributed by atoms with Crippen LogP contribution < -0.4 is 5.32 Å². The summed E-state index contributed by atoms with van der Waals surface area (Å²) in [5.74, 6) is 0.679. The highest BCUT2D eigenvalue weighted by molar-refractivity contribution is 7.84. The van der Waals surface area contributed by atoms with Gasteiger partial charge in [-0.2, -0.15) is 0 Å². The van der Waals surface area contributed by atoms with E-state index in [0.29, 0.717) is 12.3 Å². The molecule has 17 heavy (non-hydrogen) atoms. The van der Waals surface area contributed by atoms with Gasteiger partial charge in [0.05, 0.1) is 4.92 Å². The van der Waals surface area contributed by atoms with Gasteiger partial charge in [0.1, 0.15) is 0 Å². The Morgan fingerprint density at radius 2 is 2.35 bits per heavy atom. The van der Waals surface area contributed by atoms with Crippen LogP contribution in [0.2, 0.25) is 0 Å². The van der Waals surface area contributed by atoms with Gasteiger partial charge in [0.2, 0.25) is 0 Å². The number of thiophene rings is 1. The van der Waals surface area contributed by atoms with Crippen molar-refractivity contribution in [3.8, 4) is 0 Å². The molecule has 1 rings (SSSR count). The van der Waals surface area contributed by atoms with Crippen LogP contribution in [0.3, 0.4) is 0 Å². The molecule has 1 heterocycles. The van der Waals surface area contributed by atoms with Gasteiger partial charge in [-0.1, -0.05) is 11.3 Å². The van der Waals surface area contributed by atoms with Gasteiger partial charge in [0, 0.05) is 46.8 Å². The van der Waals surface area contributed by atoms with Gasteiger partial charge in [-0.15, -0.1) is 0 Å². The monoisotopic (exact) mass is 276 g/mol. The van der Waals surface area contributed by atoms with E-state index in [-0.39, 0.29) is 16.0 Å². The standard InChI is InChI=1S/C10H16N2O3S2/c1-8(3-4-17(2)15)11-6-9-5-10(12(13)14)16-7-9/h5,7-8,11H,3-4,6H2,1-2H3. The molecule has 0 amide bonds. The van der Waals surface area contributed by atoms with Gasteiger partial charge < -0.3 is 5.32 Å². The van der Waals surface area contributed by atoms with Crippen molar-refractivity contribution < 1.29 is 9.13 Å². The first kappa shape index (κ1) is 14.3. The molecule has 0 fully saturated rings. The van der Waals surface area contributed by atoms with Gasteiger partial charge in [-0.25, -0.2) is 0 Å². The summed E-state index contributed by atoms with van der Waals surface area (Å²) in [7, 11) is -0.764. The minimum absolute atomic E-state index is 0.170. The van der Waals surface area contributed by atoms with Crippen molar-refractivity contribution in [3.63, 3.8) is 0 Å². The van der Waals surface area contributed by atoms with Crippen molar-refractivity contribution in [1.29, 1.82) is 0 Å². The molecule has 1 N–H and O–H groups in total. The van der Waals surface area contributed by atoms with Crippen molar-refractivity contribution in [2.75, 3.05) is 12.0 Å². The van der Waals surface area contributed by atoms with Crippen LogP contribution in [0.5, 0.6) is 0 Å². The largest absolute Gasteiger partial charge is 0.324 e. The van der Waals surface area contributed by atoms with Gasteiger partial charge in [-0.05, 0) is 18.9 Å². The molecule has 96 valence electrons. The fourth-order valence-electron chi connectivity index (χ4n) is 1.29. The van der Waals surface area contributed by atoms with Gasteiger partial charge in [-0.3, -0.25) is 14.3 Å². The number of nitrogens with zero attached hydrogens (tertiary/aromatic N) is 1. The van der Waals surface area contributed by atoms with E-state index in [9.17, 15) is 14.3 Å². The maximum atomic E-state index is 10.9. The zero-order valence-corrected chi connectivity index (χ0v) is 11.5. The lowest BCUT2D eigenvalue weighted by Crippen LogP contribution is -2.26. The van der Waals surface area contributed by atoms with E-state index in [2.05, 4.69) is 5.32 Å². The predicted octanol–water partition coefficient (Wildman–Crippen LogP) is 1.90. The Morgan fingerprint density at radius 1 is 1.65 bits per heavy atom. The van der Waals surface area contributed by atoms with Gasteiger partial charge in [0.15, 0.2) is 0 Å². The Bertz CT molecular complexity index is 406. The molecule has 0 saturated carbocycles. The molecule has 2 atom stereocenters. The smallest absolute Gasteiger partial charge is 0.310 e. The summed E-state index contributed by atoms with van der Waals surface area (Å²) in [5, 5.41) is 15.7. The minimum atomic E-state index is -0.764. The lowest BCUT2D eigenvalue weighted by Gasteiger charge is -2.11. The molecule has 1 aromatic rings. The normalized spacial score (nSPS) is 14.5. The first-order valence-electron chi connectivity index (χ1n) is 5.24. The van der Waals surface area contributed by atoms with Crippen LogP contribution >= 0.6 is 11.3 Å². The van der Waals surface area contributed by atoms with E-state index in [1.54, 1.807) is 17.7 Å². The van der Waals surface area contributed by atoms with E-state index in [0.717, 1.165) is 23.3 Å². The third-order valence-corrected chi connectivity index (χ3v) is 4.05. The van der Waals surface area contributed by atoms with Crippen LogP contribution in [-0.4, -0.2) is 27.2 Å². The second kappa shape index (κ2) is 6.83. The minimum Gasteiger partial charge on any atom is -0.310 e. The van der Waals surface area contributed by atoms with E-state index in [1.165, 1.54) is 0 Å². The Morgan fingerprint density at radius 3 is 2.88 bits per heavy atom. The lowest BCUT2D eigenvalue weighted by molar-refractivity contribution is -0.380. The van der Waals surface area contributed by atoms with Crippen molar-refractivity contribution in [2.45, 2.75) is 25.9 Å². The molecule has 0 aliphatic heterocycles. The lowest BCUT2D eigenvalue weighted by atomic mass is 10.2. The fraction of sp³-hybridized carbons (Fsp3) is 0.600. The summed E-state index contributed by atoms with van der Waals surface area (Å²) in [4.78, 5) is 10.1. The molecule has 0 spiro atoms. The van der Waals surface area contributed by atoms with E-state index < -0.39 is 10.8 Å². The van der Waals surface area contributed by atoms with Crippen LogP contribution in [0.25, 0.3) is 0 Å². The van der Waals surface area contributed by atoms with Crippen LogP contribution in [0, 0.1) is 10.1 Å². The first-order chi connectivity index (χ1) is 7.99. The highest BCUT2D eigenvalue weighted by atomic mass is 32.2. The number of nitro groups is 1. The zero-order chi connectivity index (χ0) is 12.8. The fourth-order valence-corrected chi connectivity index (χ4v) is 2.70. The van der Waals surface area contributed by atoms with Crippen molar-refractivity contribution in [3.05, 3.63) is 27.1 Å². The number of nitrogens with one attached hydrogen (secondary N) is 1. The Balaban J connectivity index is 2.34. The van der Waals surface area contributed by atoms with Crippen molar-refractivity contribution in [2.24, 2.45) is 0 Å². The van der Waals surface area contributed by atoms with Crippen molar-refractivity contribution >= 4 is 27.1 Å². The molecule has 0 radical (unpaired) electrons. The van der Waals surface area contributed by atoms with Crippen LogP contribution in [-0.2, 0) is 17.3 Å². The molecule has 7 heteroatoms. The molecule has 0 aliphatic carbocycles. The summed E-state index contributed by atoms with van der Waals surface area (Å²) < 4.78 is 10.9. The molecule has 5 nitrogen and oxygen atoms in total.